The Morgan fingerprint density at radius 1 is 1.42 bits per heavy atom. The number of hydrogen-bond acceptors (Lipinski definition) is 3. The van der Waals surface area contributed by atoms with Crippen molar-refractivity contribution < 1.29 is 4.79 Å². The van der Waals surface area contributed by atoms with Gasteiger partial charge in [-0.1, -0.05) is 13.0 Å². The van der Waals surface area contributed by atoms with Crippen LogP contribution in [-0.4, -0.2) is 29.4 Å². The number of rotatable bonds is 4. The molecule has 0 aromatic heterocycles. The number of likely N-dealkylation sites (N-methyl/N-ethyl adjacent to an activating group) is 1. The summed E-state index contributed by atoms with van der Waals surface area (Å²) in [6.07, 6.45) is 0. The topological polar surface area (TPSA) is 56.1 Å². The van der Waals surface area contributed by atoms with Crippen molar-refractivity contribution in [2.45, 2.75) is 33.2 Å². The second kappa shape index (κ2) is 6.35. The smallest absolute Gasteiger partial charge is 0.238 e. The Morgan fingerprint density at radius 2 is 2.11 bits per heavy atom. The normalized spacial score (nSPS) is 11.2. The first-order valence-electron chi connectivity index (χ1n) is 6.42. The predicted molar refractivity (Wildman–Crippen MR) is 76.8 cm³/mol. The van der Waals surface area contributed by atoms with Crippen LogP contribution in [0.25, 0.3) is 0 Å². The molecule has 0 saturated heterocycles. The molecule has 1 aromatic rings. The van der Waals surface area contributed by atoms with Gasteiger partial charge in [-0.25, -0.2) is 0 Å². The molecule has 4 heteroatoms. The fourth-order valence-corrected chi connectivity index (χ4v) is 1.86. The third-order valence-electron chi connectivity index (χ3n) is 2.94. The van der Waals surface area contributed by atoms with Crippen molar-refractivity contribution >= 4 is 11.6 Å². The standard InChI is InChI=1S/C15H21N3O/c1-5-18(15(2,3)4)11-14(19)17-13-8-6-7-12(9-13)10-16/h6-9H,5,11H2,1-4H3,(H,17,19). The molecule has 0 atom stereocenters. The zero-order chi connectivity index (χ0) is 14.5. The van der Waals surface area contributed by atoms with Crippen LogP contribution in [0.5, 0.6) is 0 Å². The van der Waals surface area contributed by atoms with E-state index in [9.17, 15) is 4.79 Å². The minimum Gasteiger partial charge on any atom is -0.325 e. The molecule has 0 unspecified atom stereocenters. The van der Waals surface area contributed by atoms with Gasteiger partial charge in [0.2, 0.25) is 5.91 Å². The Morgan fingerprint density at radius 3 is 2.63 bits per heavy atom. The zero-order valence-corrected chi connectivity index (χ0v) is 12.0. The molecule has 0 aliphatic heterocycles. The Hall–Kier alpha value is -1.86. The molecule has 0 spiro atoms. The Labute approximate surface area is 115 Å². The van der Waals surface area contributed by atoms with Crippen molar-refractivity contribution in [3.63, 3.8) is 0 Å². The van der Waals surface area contributed by atoms with E-state index in [1.165, 1.54) is 0 Å². The van der Waals surface area contributed by atoms with Gasteiger partial charge in [0.15, 0.2) is 0 Å². The average Bonchev–Trinajstić information content (AvgIpc) is 2.34. The van der Waals surface area contributed by atoms with Crippen LogP contribution in [0.3, 0.4) is 0 Å². The van der Waals surface area contributed by atoms with Gasteiger partial charge in [-0.2, -0.15) is 5.26 Å². The molecule has 1 amide bonds. The molecule has 4 nitrogen and oxygen atoms in total. The number of carbonyl (C=O) groups is 1. The summed E-state index contributed by atoms with van der Waals surface area (Å²) >= 11 is 0. The molecule has 1 N–H and O–H groups in total. The van der Waals surface area contributed by atoms with Crippen LogP contribution < -0.4 is 5.32 Å². The lowest BCUT2D eigenvalue weighted by atomic mass is 10.1. The van der Waals surface area contributed by atoms with Gasteiger partial charge >= 0.3 is 0 Å². The van der Waals surface area contributed by atoms with Crippen LogP contribution in [0.1, 0.15) is 33.3 Å². The fraction of sp³-hybridized carbons (Fsp3) is 0.467. The third-order valence-corrected chi connectivity index (χ3v) is 2.94. The highest BCUT2D eigenvalue weighted by Crippen LogP contribution is 2.13. The van der Waals surface area contributed by atoms with Crippen LogP contribution in [0.15, 0.2) is 24.3 Å². The van der Waals surface area contributed by atoms with Crippen LogP contribution in [0.2, 0.25) is 0 Å². The highest BCUT2D eigenvalue weighted by Gasteiger charge is 2.21. The maximum absolute atomic E-state index is 12.0. The van der Waals surface area contributed by atoms with Crippen LogP contribution in [0.4, 0.5) is 5.69 Å². The Kier molecular flexibility index (Phi) is 5.08. The third kappa shape index (κ3) is 4.72. The molecule has 0 bridgehead atoms. The number of amides is 1. The van der Waals surface area contributed by atoms with Gasteiger partial charge in [-0.3, -0.25) is 9.69 Å². The summed E-state index contributed by atoms with van der Waals surface area (Å²) in [7, 11) is 0. The first kappa shape index (κ1) is 15.2. The monoisotopic (exact) mass is 259 g/mol. The van der Waals surface area contributed by atoms with E-state index in [2.05, 4.69) is 37.1 Å². The van der Waals surface area contributed by atoms with Gasteiger partial charge in [-0.05, 0) is 45.5 Å². The average molecular weight is 259 g/mol. The summed E-state index contributed by atoms with van der Waals surface area (Å²) in [5, 5.41) is 11.6. The maximum Gasteiger partial charge on any atom is 0.238 e. The summed E-state index contributed by atoms with van der Waals surface area (Å²) in [5.41, 5.74) is 1.16. The number of hydrogen-bond donors (Lipinski definition) is 1. The van der Waals surface area contributed by atoms with Gasteiger partial charge < -0.3 is 5.32 Å². The lowest BCUT2D eigenvalue weighted by Crippen LogP contribution is -2.45. The van der Waals surface area contributed by atoms with E-state index in [1.54, 1.807) is 24.3 Å². The maximum atomic E-state index is 12.0. The largest absolute Gasteiger partial charge is 0.325 e. The van der Waals surface area contributed by atoms with Crippen molar-refractivity contribution in [1.29, 1.82) is 5.26 Å². The van der Waals surface area contributed by atoms with E-state index in [0.29, 0.717) is 17.8 Å². The minimum absolute atomic E-state index is 0.0411. The molecule has 0 fully saturated rings. The van der Waals surface area contributed by atoms with Crippen LogP contribution in [-0.2, 0) is 4.79 Å². The van der Waals surface area contributed by atoms with E-state index >= 15 is 0 Å². The molecule has 0 radical (unpaired) electrons. The Bertz CT molecular complexity index is 483. The van der Waals surface area contributed by atoms with E-state index in [1.807, 2.05) is 6.92 Å². The van der Waals surface area contributed by atoms with E-state index in [0.717, 1.165) is 6.54 Å². The number of nitriles is 1. The predicted octanol–water partition coefficient (Wildman–Crippen LogP) is 2.62. The summed E-state index contributed by atoms with van der Waals surface area (Å²) in [6.45, 7) is 9.45. The van der Waals surface area contributed by atoms with Crippen molar-refractivity contribution in [2.75, 3.05) is 18.4 Å². The number of carbonyl (C=O) groups excluding carboxylic acids is 1. The molecule has 19 heavy (non-hydrogen) atoms. The molecular formula is C15H21N3O. The molecule has 0 aliphatic carbocycles. The highest BCUT2D eigenvalue weighted by molar-refractivity contribution is 5.92. The zero-order valence-electron chi connectivity index (χ0n) is 12.0. The van der Waals surface area contributed by atoms with Gasteiger partial charge in [-0.15, -0.1) is 0 Å². The van der Waals surface area contributed by atoms with Crippen LogP contribution in [0, 0.1) is 11.3 Å². The summed E-state index contributed by atoms with van der Waals surface area (Å²) in [4.78, 5) is 14.1. The van der Waals surface area contributed by atoms with Gasteiger partial charge in [0.1, 0.15) is 0 Å². The molecular weight excluding hydrogens is 238 g/mol. The number of anilines is 1. The Balaban J connectivity index is 2.67. The van der Waals surface area contributed by atoms with Crippen LogP contribution >= 0.6 is 0 Å². The highest BCUT2D eigenvalue weighted by atomic mass is 16.2. The summed E-state index contributed by atoms with van der Waals surface area (Å²) < 4.78 is 0. The van der Waals surface area contributed by atoms with E-state index < -0.39 is 0 Å². The SMILES string of the molecule is CCN(CC(=O)Nc1cccc(C#N)c1)C(C)(C)C. The molecule has 102 valence electrons. The minimum atomic E-state index is -0.0631. The second-order valence-corrected chi connectivity index (χ2v) is 5.43. The number of nitrogens with one attached hydrogen (secondary N) is 1. The van der Waals surface area contributed by atoms with Crippen molar-refractivity contribution in [2.24, 2.45) is 0 Å². The van der Waals surface area contributed by atoms with Gasteiger partial charge in [0.05, 0.1) is 18.2 Å². The lowest BCUT2D eigenvalue weighted by molar-refractivity contribution is -0.118. The summed E-state index contributed by atoms with van der Waals surface area (Å²) in [6, 6.07) is 8.98. The quantitative estimate of drug-likeness (QED) is 0.904. The first-order chi connectivity index (χ1) is 8.86. The molecule has 1 rings (SSSR count). The molecule has 0 saturated carbocycles. The number of benzene rings is 1. The van der Waals surface area contributed by atoms with Gasteiger partial charge in [0, 0.05) is 11.2 Å². The molecule has 0 aliphatic rings. The lowest BCUT2D eigenvalue weighted by Gasteiger charge is -2.33. The number of nitrogens with zero attached hydrogens (tertiary/aromatic N) is 2. The molecule has 1 aromatic carbocycles. The van der Waals surface area contributed by atoms with Crippen molar-refractivity contribution in [3.8, 4) is 6.07 Å². The molecule has 0 heterocycles. The van der Waals surface area contributed by atoms with Crippen molar-refractivity contribution in [1.82, 2.24) is 4.90 Å². The van der Waals surface area contributed by atoms with Gasteiger partial charge in [0.25, 0.3) is 0 Å². The second-order valence-electron chi connectivity index (χ2n) is 5.43. The fourth-order valence-electron chi connectivity index (χ4n) is 1.86. The van der Waals surface area contributed by atoms with E-state index in [-0.39, 0.29) is 11.4 Å². The summed E-state index contributed by atoms with van der Waals surface area (Å²) in [5.74, 6) is -0.0631. The van der Waals surface area contributed by atoms with Crippen molar-refractivity contribution in [3.05, 3.63) is 29.8 Å². The van der Waals surface area contributed by atoms with E-state index in [4.69, 9.17) is 5.26 Å². The first-order valence-corrected chi connectivity index (χ1v) is 6.42.